The molecule has 0 saturated heterocycles. The average molecular weight is 364 g/mol. The summed E-state index contributed by atoms with van der Waals surface area (Å²) in [4.78, 5) is 20.7. The molecular formula is C19H20N6O2. The number of aliphatic hydroxyl groups excluding tert-OH is 1. The number of aromatic nitrogens is 4. The lowest BCUT2D eigenvalue weighted by Gasteiger charge is -2.26. The lowest BCUT2D eigenvalue weighted by molar-refractivity contribution is 0.0965. The van der Waals surface area contributed by atoms with E-state index in [-0.39, 0.29) is 18.1 Å². The van der Waals surface area contributed by atoms with E-state index in [0.29, 0.717) is 18.0 Å². The highest BCUT2D eigenvalue weighted by Gasteiger charge is 2.22. The molecule has 0 atom stereocenters. The van der Waals surface area contributed by atoms with Gasteiger partial charge < -0.3 is 15.7 Å². The normalized spacial score (nSPS) is 21.9. The van der Waals surface area contributed by atoms with Crippen molar-refractivity contribution in [3.8, 4) is 11.3 Å². The van der Waals surface area contributed by atoms with Crippen LogP contribution in [-0.4, -0.2) is 42.7 Å². The number of anilines is 1. The summed E-state index contributed by atoms with van der Waals surface area (Å²) < 4.78 is 1.78. The standard InChI is InChI=1S/C19H20N6O2/c26-14-4-2-13(3-5-14)24-17-18-22-10-23-25(18)16(9-20-17)11-1-6-15-12(7-11)8-21-19(15)27/h1,6-7,9-10,13-14,26H,2-5,8H2,(H,20,24)(H,21,27). The Bertz CT molecular complexity index is 1020. The Morgan fingerprint density at radius 1 is 1.19 bits per heavy atom. The summed E-state index contributed by atoms with van der Waals surface area (Å²) in [6, 6.07) is 6.04. The Hall–Kier alpha value is -3.00. The SMILES string of the molecule is O=C1NCc2cc(-c3cnc(NC4CCC(O)CC4)c4ncnn34)ccc21. The van der Waals surface area contributed by atoms with Gasteiger partial charge >= 0.3 is 0 Å². The Labute approximate surface area is 155 Å². The second kappa shape index (κ2) is 6.31. The first-order valence-corrected chi connectivity index (χ1v) is 9.24. The van der Waals surface area contributed by atoms with Crippen molar-refractivity contribution in [1.82, 2.24) is 24.9 Å². The van der Waals surface area contributed by atoms with Crippen molar-refractivity contribution in [2.45, 2.75) is 44.4 Å². The maximum absolute atomic E-state index is 11.8. The van der Waals surface area contributed by atoms with Crippen molar-refractivity contribution in [1.29, 1.82) is 0 Å². The van der Waals surface area contributed by atoms with Crippen LogP contribution in [0.2, 0.25) is 0 Å². The van der Waals surface area contributed by atoms with Crippen LogP contribution in [0, 0.1) is 0 Å². The number of hydrogen-bond donors (Lipinski definition) is 3. The van der Waals surface area contributed by atoms with Crippen LogP contribution in [0.4, 0.5) is 5.82 Å². The second-order valence-electron chi connectivity index (χ2n) is 7.19. The Morgan fingerprint density at radius 2 is 2.04 bits per heavy atom. The van der Waals surface area contributed by atoms with E-state index in [1.165, 1.54) is 6.33 Å². The summed E-state index contributed by atoms with van der Waals surface area (Å²) >= 11 is 0. The molecule has 0 spiro atoms. The minimum absolute atomic E-state index is 0.0299. The second-order valence-corrected chi connectivity index (χ2v) is 7.19. The largest absolute Gasteiger partial charge is 0.393 e. The summed E-state index contributed by atoms with van der Waals surface area (Å²) in [5.74, 6) is 0.674. The van der Waals surface area contributed by atoms with Crippen molar-refractivity contribution in [3.63, 3.8) is 0 Å². The van der Waals surface area contributed by atoms with Crippen LogP contribution in [0.25, 0.3) is 16.9 Å². The Morgan fingerprint density at radius 3 is 2.89 bits per heavy atom. The number of nitrogens with zero attached hydrogens (tertiary/aromatic N) is 4. The molecule has 27 heavy (non-hydrogen) atoms. The van der Waals surface area contributed by atoms with Gasteiger partial charge in [0.25, 0.3) is 5.91 Å². The average Bonchev–Trinajstić information content (AvgIpc) is 3.31. The number of carbonyl (C=O) groups excluding carboxylic acids is 1. The fourth-order valence-electron chi connectivity index (χ4n) is 3.92. The van der Waals surface area contributed by atoms with E-state index >= 15 is 0 Å². The van der Waals surface area contributed by atoms with Gasteiger partial charge in [-0.05, 0) is 43.4 Å². The predicted octanol–water partition coefficient (Wildman–Crippen LogP) is 1.75. The zero-order chi connectivity index (χ0) is 18.4. The van der Waals surface area contributed by atoms with Crippen LogP contribution in [0.3, 0.4) is 0 Å². The molecule has 8 nitrogen and oxygen atoms in total. The number of carbonyl (C=O) groups is 1. The minimum atomic E-state index is -0.187. The smallest absolute Gasteiger partial charge is 0.251 e. The maximum Gasteiger partial charge on any atom is 0.251 e. The molecule has 8 heteroatoms. The summed E-state index contributed by atoms with van der Waals surface area (Å²) in [5, 5.41) is 20.3. The van der Waals surface area contributed by atoms with Crippen LogP contribution >= 0.6 is 0 Å². The zero-order valence-electron chi connectivity index (χ0n) is 14.7. The number of aliphatic hydroxyl groups is 1. The first kappa shape index (κ1) is 16.2. The number of amides is 1. The van der Waals surface area contributed by atoms with E-state index in [9.17, 15) is 9.90 Å². The summed E-state index contributed by atoms with van der Waals surface area (Å²) in [5.41, 5.74) is 4.15. The van der Waals surface area contributed by atoms with E-state index in [1.54, 1.807) is 10.7 Å². The highest BCUT2D eigenvalue weighted by Crippen LogP contribution is 2.28. The number of fused-ring (bicyclic) bond motifs is 2. The third-order valence-corrected chi connectivity index (χ3v) is 5.43. The maximum atomic E-state index is 11.8. The summed E-state index contributed by atoms with van der Waals surface area (Å²) in [6.07, 6.45) is 6.56. The van der Waals surface area contributed by atoms with Crippen molar-refractivity contribution in [2.75, 3.05) is 5.32 Å². The molecule has 138 valence electrons. The topological polar surface area (TPSA) is 104 Å². The molecule has 5 rings (SSSR count). The molecule has 2 aromatic heterocycles. The number of rotatable bonds is 3. The van der Waals surface area contributed by atoms with E-state index in [2.05, 4.69) is 25.7 Å². The first-order chi connectivity index (χ1) is 13.2. The number of hydrogen-bond acceptors (Lipinski definition) is 6. The molecule has 1 amide bonds. The lowest BCUT2D eigenvalue weighted by atomic mass is 9.93. The third kappa shape index (κ3) is 2.82. The van der Waals surface area contributed by atoms with Crippen molar-refractivity contribution < 1.29 is 9.90 Å². The van der Waals surface area contributed by atoms with Crippen LogP contribution in [0.5, 0.6) is 0 Å². The summed E-state index contributed by atoms with van der Waals surface area (Å²) in [6.45, 7) is 0.545. The van der Waals surface area contributed by atoms with Gasteiger partial charge in [0.05, 0.1) is 18.0 Å². The van der Waals surface area contributed by atoms with Gasteiger partial charge in [-0.2, -0.15) is 5.10 Å². The van der Waals surface area contributed by atoms with Crippen molar-refractivity contribution >= 4 is 17.4 Å². The highest BCUT2D eigenvalue weighted by molar-refractivity contribution is 5.98. The number of nitrogens with one attached hydrogen (secondary N) is 2. The van der Waals surface area contributed by atoms with Crippen LogP contribution in [-0.2, 0) is 6.54 Å². The molecular weight excluding hydrogens is 344 g/mol. The van der Waals surface area contributed by atoms with Gasteiger partial charge in [0.15, 0.2) is 11.5 Å². The van der Waals surface area contributed by atoms with E-state index < -0.39 is 0 Å². The van der Waals surface area contributed by atoms with Gasteiger partial charge in [-0.1, -0.05) is 6.07 Å². The molecule has 0 radical (unpaired) electrons. The molecule has 1 fully saturated rings. The van der Waals surface area contributed by atoms with E-state index in [4.69, 9.17) is 0 Å². The van der Waals surface area contributed by atoms with Gasteiger partial charge in [0.1, 0.15) is 6.33 Å². The fourth-order valence-corrected chi connectivity index (χ4v) is 3.92. The zero-order valence-corrected chi connectivity index (χ0v) is 14.7. The van der Waals surface area contributed by atoms with Crippen molar-refractivity contribution in [3.05, 3.63) is 41.9 Å². The Kier molecular flexibility index (Phi) is 3.78. The van der Waals surface area contributed by atoms with E-state index in [1.807, 2.05) is 18.2 Å². The first-order valence-electron chi connectivity index (χ1n) is 9.24. The number of benzene rings is 1. The van der Waals surface area contributed by atoms with Gasteiger partial charge in [-0.15, -0.1) is 0 Å². The third-order valence-electron chi connectivity index (χ3n) is 5.43. The minimum Gasteiger partial charge on any atom is -0.393 e. The van der Waals surface area contributed by atoms with Crippen molar-refractivity contribution in [2.24, 2.45) is 0 Å². The van der Waals surface area contributed by atoms with Crippen LogP contribution < -0.4 is 10.6 Å². The molecule has 0 bridgehead atoms. The molecule has 3 N–H and O–H groups in total. The lowest BCUT2D eigenvalue weighted by Crippen LogP contribution is -2.28. The molecule has 0 unspecified atom stereocenters. The monoisotopic (exact) mass is 364 g/mol. The molecule has 1 aliphatic carbocycles. The molecule has 1 saturated carbocycles. The quantitative estimate of drug-likeness (QED) is 0.654. The summed E-state index contributed by atoms with van der Waals surface area (Å²) in [7, 11) is 0. The van der Waals surface area contributed by atoms with Gasteiger partial charge in [0.2, 0.25) is 0 Å². The molecule has 1 aliphatic heterocycles. The molecule has 3 heterocycles. The van der Waals surface area contributed by atoms with Crippen LogP contribution in [0.1, 0.15) is 41.6 Å². The van der Waals surface area contributed by atoms with Crippen LogP contribution in [0.15, 0.2) is 30.7 Å². The Balaban J connectivity index is 1.49. The highest BCUT2D eigenvalue weighted by atomic mass is 16.3. The predicted molar refractivity (Wildman–Crippen MR) is 99.3 cm³/mol. The molecule has 3 aromatic rings. The van der Waals surface area contributed by atoms with Gasteiger partial charge in [0, 0.05) is 23.7 Å². The fraction of sp³-hybridized carbons (Fsp3) is 0.368. The van der Waals surface area contributed by atoms with E-state index in [0.717, 1.165) is 48.1 Å². The molecule has 2 aliphatic rings. The van der Waals surface area contributed by atoms with Gasteiger partial charge in [-0.3, -0.25) is 4.79 Å². The molecule has 1 aromatic carbocycles. The van der Waals surface area contributed by atoms with Gasteiger partial charge in [-0.25, -0.2) is 14.5 Å².